The largest absolute Gasteiger partial charge is 0.309 e. The standard InChI is InChI=1S/C56H32N4S/c1-2-14-36(15-3-1)59-44-21-9-6-18-39(44)40-27-24-35(32-48(40)59)55-56(58-43-20-8-7-19-42(43)57-55)41-28-31-45(38-17-5-4-16-37(38)41)60-46-29-25-33-12-10-22-49-51(33)53(46)54-47(60)30-26-34-13-11-23-50(61-49)52(34)54/h1-32H. The van der Waals surface area contributed by atoms with Crippen LogP contribution < -0.4 is 0 Å². The van der Waals surface area contributed by atoms with Crippen molar-refractivity contribution in [3.63, 3.8) is 0 Å². The van der Waals surface area contributed by atoms with Gasteiger partial charge in [0.1, 0.15) is 0 Å². The second kappa shape index (κ2) is 12.3. The minimum absolute atomic E-state index is 0.859. The van der Waals surface area contributed by atoms with E-state index in [9.17, 15) is 0 Å². The normalized spacial score (nSPS) is 12.3. The van der Waals surface area contributed by atoms with Gasteiger partial charge >= 0.3 is 0 Å². The zero-order valence-corrected chi connectivity index (χ0v) is 33.5. The highest BCUT2D eigenvalue weighted by Crippen LogP contribution is 2.48. The number of para-hydroxylation sites is 4. The third kappa shape index (κ3) is 4.58. The molecule has 61 heavy (non-hydrogen) atoms. The molecule has 0 atom stereocenters. The van der Waals surface area contributed by atoms with Crippen molar-refractivity contribution in [3.8, 4) is 33.9 Å². The molecular weight excluding hydrogens is 761 g/mol. The minimum Gasteiger partial charge on any atom is -0.309 e. The van der Waals surface area contributed by atoms with Crippen LogP contribution in [0.2, 0.25) is 0 Å². The van der Waals surface area contributed by atoms with Crippen LogP contribution in [0.25, 0.3) is 130 Å². The third-order valence-electron chi connectivity index (χ3n) is 12.9. The summed E-state index contributed by atoms with van der Waals surface area (Å²) in [6.07, 6.45) is 0. The molecule has 4 aromatic heterocycles. The molecule has 0 bridgehead atoms. The van der Waals surface area contributed by atoms with Crippen molar-refractivity contribution in [2.24, 2.45) is 0 Å². The lowest BCUT2D eigenvalue weighted by Crippen LogP contribution is -1.99. The predicted octanol–water partition coefficient (Wildman–Crippen LogP) is 15.3. The fourth-order valence-corrected chi connectivity index (χ4v) is 11.4. The molecule has 0 N–H and O–H groups in total. The van der Waals surface area contributed by atoms with Crippen LogP contribution in [0.3, 0.4) is 0 Å². The van der Waals surface area contributed by atoms with E-state index >= 15 is 0 Å². The summed E-state index contributed by atoms with van der Waals surface area (Å²) in [5, 5.41) is 12.6. The lowest BCUT2D eigenvalue weighted by Gasteiger charge is -2.17. The summed E-state index contributed by atoms with van der Waals surface area (Å²) in [5.74, 6) is 0. The van der Waals surface area contributed by atoms with Crippen molar-refractivity contribution < 1.29 is 0 Å². The molecule has 14 aromatic rings. The van der Waals surface area contributed by atoms with E-state index in [1.54, 1.807) is 0 Å². The van der Waals surface area contributed by atoms with Gasteiger partial charge in [0, 0.05) is 63.9 Å². The Bertz CT molecular complexity index is 4010. The summed E-state index contributed by atoms with van der Waals surface area (Å²) in [6.45, 7) is 0. The average molecular weight is 793 g/mol. The molecule has 0 aliphatic heterocycles. The van der Waals surface area contributed by atoms with Gasteiger partial charge in [-0.25, -0.2) is 9.97 Å². The number of aromatic nitrogens is 4. The van der Waals surface area contributed by atoms with Crippen LogP contribution in [0.4, 0.5) is 0 Å². The van der Waals surface area contributed by atoms with E-state index in [-0.39, 0.29) is 0 Å². The lowest BCUT2D eigenvalue weighted by atomic mass is 9.96. The number of nitrogens with zero attached hydrogens (tertiary/aromatic N) is 4. The molecule has 0 unspecified atom stereocenters. The van der Waals surface area contributed by atoms with Crippen LogP contribution in [0.5, 0.6) is 0 Å². The quantitative estimate of drug-likeness (QED) is 0.178. The Morgan fingerprint density at radius 1 is 0.361 bits per heavy atom. The molecular formula is C56H32N4S. The third-order valence-corrected chi connectivity index (χ3v) is 14.0. The van der Waals surface area contributed by atoms with E-state index in [0.717, 1.165) is 61.2 Å². The van der Waals surface area contributed by atoms with E-state index < -0.39 is 0 Å². The zero-order valence-electron chi connectivity index (χ0n) is 32.7. The van der Waals surface area contributed by atoms with Crippen molar-refractivity contribution in [2.75, 3.05) is 0 Å². The van der Waals surface area contributed by atoms with E-state index in [4.69, 9.17) is 9.97 Å². The Morgan fingerprint density at radius 3 is 1.69 bits per heavy atom. The summed E-state index contributed by atoms with van der Waals surface area (Å²) in [4.78, 5) is 10.9. The Labute approximate surface area is 353 Å². The van der Waals surface area contributed by atoms with Gasteiger partial charge in [-0.05, 0) is 89.0 Å². The second-order valence-corrected chi connectivity index (χ2v) is 17.2. The summed E-state index contributed by atoms with van der Waals surface area (Å²) in [7, 11) is 0. The van der Waals surface area contributed by atoms with Crippen LogP contribution in [0, 0.1) is 0 Å². The molecule has 4 nitrogen and oxygen atoms in total. The first-order valence-electron chi connectivity index (χ1n) is 20.7. The van der Waals surface area contributed by atoms with Gasteiger partial charge < -0.3 is 9.13 Å². The van der Waals surface area contributed by atoms with Crippen molar-refractivity contribution in [3.05, 3.63) is 194 Å². The van der Waals surface area contributed by atoms with Gasteiger partial charge in [-0.1, -0.05) is 121 Å². The van der Waals surface area contributed by atoms with Gasteiger partial charge in [0.15, 0.2) is 0 Å². The molecule has 0 aliphatic carbocycles. The fraction of sp³-hybridized carbons (Fsp3) is 0. The SMILES string of the molecule is c1ccc(-n2c3ccccc3c3ccc(-c4nc5ccccc5nc4-c4ccc(-n5c6ccc7cccc8sc9cccc%10ccc5c(c%109)c6c78)c5ccccc45)cc32)cc1. The Balaban J connectivity index is 1.05. The van der Waals surface area contributed by atoms with Crippen molar-refractivity contribution in [2.45, 2.75) is 0 Å². The van der Waals surface area contributed by atoms with Gasteiger partial charge in [0.05, 0.1) is 50.2 Å². The second-order valence-electron chi connectivity index (χ2n) is 16.1. The molecule has 282 valence electrons. The van der Waals surface area contributed by atoms with Gasteiger partial charge in [0.2, 0.25) is 0 Å². The molecule has 4 heterocycles. The first kappa shape index (κ1) is 33.0. The predicted molar refractivity (Wildman–Crippen MR) is 258 cm³/mol. The highest BCUT2D eigenvalue weighted by molar-refractivity contribution is 7.24. The number of benzene rings is 10. The van der Waals surface area contributed by atoms with Crippen molar-refractivity contribution in [1.29, 1.82) is 0 Å². The minimum atomic E-state index is 0.859. The van der Waals surface area contributed by atoms with Gasteiger partial charge in [-0.3, -0.25) is 0 Å². The number of rotatable bonds is 4. The average Bonchev–Trinajstić information content (AvgIpc) is 3.78. The molecule has 0 saturated heterocycles. The number of fused-ring (bicyclic) bond motifs is 5. The van der Waals surface area contributed by atoms with E-state index in [2.05, 4.69) is 191 Å². The summed E-state index contributed by atoms with van der Waals surface area (Å²) in [6, 6.07) is 70.4. The molecule has 0 fully saturated rings. The fourth-order valence-electron chi connectivity index (χ4n) is 10.3. The highest BCUT2D eigenvalue weighted by atomic mass is 32.1. The van der Waals surface area contributed by atoms with Gasteiger partial charge in [-0.2, -0.15) is 0 Å². The summed E-state index contributed by atoms with van der Waals surface area (Å²) < 4.78 is 7.48. The molecule has 0 amide bonds. The zero-order chi connectivity index (χ0) is 39.8. The first-order valence-corrected chi connectivity index (χ1v) is 21.6. The summed E-state index contributed by atoms with van der Waals surface area (Å²) >= 11 is 1.89. The Hall–Kier alpha value is -7.86. The van der Waals surface area contributed by atoms with Gasteiger partial charge in [0.25, 0.3) is 0 Å². The molecule has 0 radical (unpaired) electrons. The smallest absolute Gasteiger partial charge is 0.0979 e. The molecule has 0 aliphatic rings. The number of hydrogen-bond donors (Lipinski definition) is 0. The van der Waals surface area contributed by atoms with Crippen LogP contribution in [-0.2, 0) is 0 Å². The highest BCUT2D eigenvalue weighted by Gasteiger charge is 2.24. The van der Waals surface area contributed by atoms with Crippen LogP contribution in [-0.4, -0.2) is 19.1 Å². The maximum absolute atomic E-state index is 5.47. The maximum Gasteiger partial charge on any atom is 0.0979 e. The van der Waals surface area contributed by atoms with Crippen LogP contribution >= 0.6 is 11.3 Å². The molecule has 10 aromatic carbocycles. The topological polar surface area (TPSA) is 35.6 Å². The molecule has 14 rings (SSSR count). The van der Waals surface area contributed by atoms with Crippen molar-refractivity contribution in [1.82, 2.24) is 19.1 Å². The van der Waals surface area contributed by atoms with Crippen molar-refractivity contribution >= 4 is 108 Å². The van der Waals surface area contributed by atoms with Crippen LogP contribution in [0.15, 0.2) is 194 Å². The van der Waals surface area contributed by atoms with Crippen LogP contribution in [0.1, 0.15) is 0 Å². The number of hydrogen-bond acceptors (Lipinski definition) is 3. The maximum atomic E-state index is 5.47. The van der Waals surface area contributed by atoms with Gasteiger partial charge in [-0.15, -0.1) is 11.3 Å². The summed E-state index contributed by atoms with van der Waals surface area (Å²) in [5.41, 5.74) is 12.5. The van der Waals surface area contributed by atoms with E-state index in [1.165, 1.54) is 69.0 Å². The molecule has 0 spiro atoms. The monoisotopic (exact) mass is 792 g/mol. The Kier molecular flexibility index (Phi) is 6.68. The first-order chi connectivity index (χ1) is 30.3. The molecule has 0 saturated carbocycles. The van der Waals surface area contributed by atoms with E-state index in [0.29, 0.717) is 0 Å². The Morgan fingerprint density at radius 2 is 0.967 bits per heavy atom. The van der Waals surface area contributed by atoms with E-state index in [1.807, 2.05) is 23.5 Å². The molecule has 5 heteroatoms. The lowest BCUT2D eigenvalue weighted by molar-refractivity contribution is 1.18.